The van der Waals surface area contributed by atoms with Crippen LogP contribution in [0.25, 0.3) is 17.1 Å². The van der Waals surface area contributed by atoms with Gasteiger partial charge in [0.1, 0.15) is 11.4 Å². The molecule has 0 radical (unpaired) electrons. The molecule has 3 amide bonds. The summed E-state index contributed by atoms with van der Waals surface area (Å²) in [7, 11) is -1.18. The molecule has 1 atom stereocenters. The average Bonchev–Trinajstić information content (AvgIpc) is 3.68. The lowest BCUT2D eigenvalue weighted by Crippen LogP contribution is -2.44. The fourth-order valence-corrected chi connectivity index (χ4v) is 8.11. The summed E-state index contributed by atoms with van der Waals surface area (Å²) in [6, 6.07) is 9.49. The third-order valence-electron chi connectivity index (χ3n) is 8.78. The van der Waals surface area contributed by atoms with Crippen LogP contribution in [0, 0.1) is 5.92 Å². The Kier molecular flexibility index (Phi) is 7.88. The van der Waals surface area contributed by atoms with Crippen molar-refractivity contribution in [1.29, 1.82) is 0 Å². The number of carbonyl (C=O) groups is 3. The molecule has 47 heavy (non-hydrogen) atoms. The number of sulfone groups is 1. The topological polar surface area (TPSA) is 165 Å². The molecular formula is C33H33N7O6S. The number of fused-ring (bicyclic) bond motifs is 2. The number of allylic oxidation sites excluding steroid dienone is 1. The molecule has 242 valence electrons. The Hall–Kier alpha value is -5.24. The Morgan fingerprint density at radius 2 is 1.85 bits per heavy atom. The van der Waals surface area contributed by atoms with Crippen molar-refractivity contribution >= 4 is 61.7 Å². The van der Waals surface area contributed by atoms with Gasteiger partial charge >= 0.3 is 6.03 Å². The molecule has 7 rings (SSSR count). The number of nitrogens with one attached hydrogen (secondary N) is 3. The zero-order valence-electron chi connectivity index (χ0n) is 25.6. The highest BCUT2D eigenvalue weighted by Crippen LogP contribution is 2.37. The Morgan fingerprint density at radius 1 is 1.04 bits per heavy atom. The van der Waals surface area contributed by atoms with Crippen LogP contribution < -0.4 is 25.6 Å². The van der Waals surface area contributed by atoms with Gasteiger partial charge in [0.2, 0.25) is 11.7 Å². The summed E-state index contributed by atoms with van der Waals surface area (Å²) in [5, 5.41) is 9.24. The minimum Gasteiger partial charge on any atom is -0.452 e. The number of hydrogen-bond acceptors (Lipinski definition) is 9. The van der Waals surface area contributed by atoms with E-state index in [9.17, 15) is 22.8 Å². The number of aromatic nitrogens is 3. The van der Waals surface area contributed by atoms with Gasteiger partial charge in [-0.05, 0) is 61.7 Å². The number of ether oxygens (including phenoxy) is 1. The summed E-state index contributed by atoms with van der Waals surface area (Å²) in [6.45, 7) is 1.27. The van der Waals surface area contributed by atoms with Gasteiger partial charge in [-0.25, -0.2) is 18.2 Å². The van der Waals surface area contributed by atoms with E-state index in [-0.39, 0.29) is 40.9 Å². The number of anilines is 3. The van der Waals surface area contributed by atoms with Crippen LogP contribution in [0.15, 0.2) is 66.9 Å². The van der Waals surface area contributed by atoms with E-state index in [1.165, 1.54) is 6.20 Å². The maximum atomic E-state index is 13.5. The first kappa shape index (κ1) is 30.4. The van der Waals surface area contributed by atoms with Crippen molar-refractivity contribution in [2.24, 2.45) is 13.0 Å². The first-order valence-electron chi connectivity index (χ1n) is 15.4. The molecular weight excluding hydrogens is 622 g/mol. The van der Waals surface area contributed by atoms with Crippen LogP contribution in [0.5, 0.6) is 5.75 Å². The molecule has 0 bridgehead atoms. The lowest BCUT2D eigenvalue weighted by atomic mass is 9.94. The SMILES string of the molecule is Cn1cc(/C=C2\Oc3ccc(NC(=O)Nc4cccnc4)cc3C2=O)c2c(N3CCC(C(=O)NC4CCS(=O)(=O)C4)CC3)ccnc21. The maximum absolute atomic E-state index is 13.5. The highest BCUT2D eigenvalue weighted by molar-refractivity contribution is 7.91. The fraction of sp³-hybridized carbons (Fsp3) is 0.303. The van der Waals surface area contributed by atoms with Gasteiger partial charge < -0.3 is 30.2 Å². The van der Waals surface area contributed by atoms with Gasteiger partial charge in [-0.2, -0.15) is 0 Å². The molecule has 4 aromatic rings. The van der Waals surface area contributed by atoms with Crippen LogP contribution in [0.1, 0.15) is 35.2 Å². The van der Waals surface area contributed by atoms with Crippen molar-refractivity contribution in [2.75, 3.05) is 40.1 Å². The second kappa shape index (κ2) is 12.2. The van der Waals surface area contributed by atoms with Crippen LogP contribution in [0.3, 0.4) is 0 Å². The van der Waals surface area contributed by atoms with E-state index in [1.807, 2.05) is 23.9 Å². The Morgan fingerprint density at radius 3 is 2.60 bits per heavy atom. The van der Waals surface area contributed by atoms with Crippen LogP contribution in [0.2, 0.25) is 0 Å². The van der Waals surface area contributed by atoms with Crippen molar-refractivity contribution in [3.05, 3.63) is 78.1 Å². The third kappa shape index (κ3) is 6.28. The summed E-state index contributed by atoms with van der Waals surface area (Å²) in [6.07, 6.45) is 10.2. The molecule has 6 heterocycles. The molecule has 1 unspecified atom stereocenters. The number of nitrogens with zero attached hydrogens (tertiary/aromatic N) is 4. The monoisotopic (exact) mass is 655 g/mol. The predicted molar refractivity (Wildman–Crippen MR) is 177 cm³/mol. The van der Waals surface area contributed by atoms with Crippen molar-refractivity contribution < 1.29 is 27.5 Å². The van der Waals surface area contributed by atoms with E-state index in [0.29, 0.717) is 55.0 Å². The second-order valence-electron chi connectivity index (χ2n) is 12.1. The lowest BCUT2D eigenvalue weighted by Gasteiger charge is -2.34. The van der Waals surface area contributed by atoms with E-state index in [0.717, 1.165) is 22.3 Å². The molecule has 3 N–H and O–H groups in total. The summed E-state index contributed by atoms with van der Waals surface area (Å²) in [4.78, 5) is 49.7. The van der Waals surface area contributed by atoms with E-state index in [4.69, 9.17) is 4.74 Å². The van der Waals surface area contributed by atoms with E-state index in [2.05, 4.69) is 30.8 Å². The predicted octanol–water partition coefficient (Wildman–Crippen LogP) is 3.75. The van der Waals surface area contributed by atoms with Gasteiger partial charge in [0.15, 0.2) is 15.6 Å². The highest BCUT2D eigenvalue weighted by Gasteiger charge is 2.33. The summed E-state index contributed by atoms with van der Waals surface area (Å²) in [5.74, 6) is 0.113. The number of rotatable bonds is 6. The number of piperidine rings is 1. The zero-order valence-corrected chi connectivity index (χ0v) is 26.4. The highest BCUT2D eigenvalue weighted by atomic mass is 32.2. The first-order chi connectivity index (χ1) is 22.6. The van der Waals surface area contributed by atoms with E-state index in [1.54, 1.807) is 48.8 Å². The standard InChI is InChI=1S/C33H33N7O6S/c1-39-18-21(15-28-30(41)25-16-22(4-5-27(25)46-28)37-33(43)38-23-3-2-10-34-17-23)29-26(6-11-35-31(29)39)40-12-7-20(8-13-40)32(42)36-24-9-14-47(44,45)19-24/h2-6,10-11,15-18,20,24H,7-9,12-14,19H2,1H3,(H,36,42)(H2,37,38,43)/b28-15-. The average molecular weight is 656 g/mol. The van der Waals surface area contributed by atoms with Crippen molar-refractivity contribution in [3.63, 3.8) is 0 Å². The number of benzene rings is 1. The number of urea groups is 1. The van der Waals surface area contributed by atoms with Crippen LogP contribution in [-0.2, 0) is 21.7 Å². The van der Waals surface area contributed by atoms with Gasteiger partial charge in [-0.3, -0.25) is 14.6 Å². The van der Waals surface area contributed by atoms with Gasteiger partial charge in [-0.1, -0.05) is 0 Å². The zero-order chi connectivity index (χ0) is 32.7. The number of amides is 3. The Balaban J connectivity index is 1.06. The molecule has 1 aromatic carbocycles. The summed E-state index contributed by atoms with van der Waals surface area (Å²) < 4.78 is 31.5. The molecule has 0 saturated carbocycles. The van der Waals surface area contributed by atoms with Gasteiger partial charge in [0.25, 0.3) is 0 Å². The molecule has 0 spiro atoms. The summed E-state index contributed by atoms with van der Waals surface area (Å²) >= 11 is 0. The van der Waals surface area contributed by atoms with Gasteiger partial charge in [0.05, 0.1) is 29.0 Å². The molecule has 3 aliphatic rings. The smallest absolute Gasteiger partial charge is 0.323 e. The molecule has 14 heteroatoms. The van der Waals surface area contributed by atoms with E-state index < -0.39 is 15.9 Å². The maximum Gasteiger partial charge on any atom is 0.323 e. The number of hydrogen-bond donors (Lipinski definition) is 3. The fourth-order valence-electron chi connectivity index (χ4n) is 6.44. The van der Waals surface area contributed by atoms with Crippen molar-refractivity contribution in [1.82, 2.24) is 19.9 Å². The minimum absolute atomic E-state index is 0.0121. The second-order valence-corrected chi connectivity index (χ2v) is 14.3. The quantitative estimate of drug-likeness (QED) is 0.263. The number of aryl methyl sites for hydroxylation is 1. The van der Waals surface area contributed by atoms with Gasteiger partial charge in [-0.15, -0.1) is 0 Å². The number of Topliss-reactive ketones (excluding diaryl/α,β-unsaturated/α-hetero) is 1. The Bertz CT molecular complexity index is 2030. The van der Waals surface area contributed by atoms with Crippen LogP contribution in [-0.4, -0.2) is 71.3 Å². The minimum atomic E-state index is -3.07. The molecule has 2 saturated heterocycles. The molecule has 3 aromatic heterocycles. The number of ketones is 1. The largest absolute Gasteiger partial charge is 0.452 e. The molecule has 2 fully saturated rings. The van der Waals surface area contributed by atoms with Crippen LogP contribution in [0.4, 0.5) is 21.9 Å². The van der Waals surface area contributed by atoms with Crippen molar-refractivity contribution in [3.8, 4) is 5.75 Å². The Labute approximate surface area is 270 Å². The number of carbonyl (C=O) groups excluding carboxylic acids is 3. The first-order valence-corrected chi connectivity index (χ1v) is 17.2. The van der Waals surface area contributed by atoms with Gasteiger partial charge in [0, 0.05) is 73.0 Å². The third-order valence-corrected chi connectivity index (χ3v) is 10.5. The molecule has 3 aliphatic heterocycles. The number of pyridine rings is 2. The van der Waals surface area contributed by atoms with Crippen LogP contribution >= 0.6 is 0 Å². The molecule has 13 nitrogen and oxygen atoms in total. The summed E-state index contributed by atoms with van der Waals surface area (Å²) in [5.41, 5.74) is 3.75. The molecule has 0 aliphatic carbocycles. The normalized spacial score (nSPS) is 19.9. The van der Waals surface area contributed by atoms with E-state index >= 15 is 0 Å². The lowest BCUT2D eigenvalue weighted by molar-refractivity contribution is -0.126. The van der Waals surface area contributed by atoms with Crippen molar-refractivity contribution in [2.45, 2.75) is 25.3 Å².